The number of alkyl halides is 2. The van der Waals surface area contributed by atoms with Gasteiger partial charge in [-0.3, -0.25) is 9.88 Å². The summed E-state index contributed by atoms with van der Waals surface area (Å²) in [6.45, 7) is 6.74. The number of aromatic amines is 2. The third-order valence-electron chi connectivity index (χ3n) is 6.66. The fourth-order valence-electron chi connectivity index (χ4n) is 5.14. The van der Waals surface area contributed by atoms with Gasteiger partial charge in [0.1, 0.15) is 0 Å². The normalized spacial score (nSPS) is 15.7. The number of piperidine rings is 1. The van der Waals surface area contributed by atoms with Crippen LogP contribution in [0.15, 0.2) is 42.9 Å². The van der Waals surface area contributed by atoms with Gasteiger partial charge in [0.15, 0.2) is 0 Å². The molecule has 7 heteroatoms. The largest absolute Gasteiger partial charge is 0.354 e. The van der Waals surface area contributed by atoms with Crippen molar-refractivity contribution < 1.29 is 8.78 Å². The zero-order valence-electron chi connectivity index (χ0n) is 19.0. The number of halogens is 2. The number of aromatic nitrogens is 4. The molecule has 4 aromatic rings. The third-order valence-corrected chi connectivity index (χ3v) is 6.66. The van der Waals surface area contributed by atoms with E-state index in [2.05, 4.69) is 43.0 Å². The number of nitrogens with zero attached hydrogens (tertiary/aromatic N) is 3. The average Bonchev–Trinajstić information content (AvgIpc) is 3.41. The van der Waals surface area contributed by atoms with Crippen molar-refractivity contribution in [1.82, 2.24) is 24.8 Å². The maximum atomic E-state index is 13.6. The number of hydrogen-bond donors (Lipinski definition) is 2. The van der Waals surface area contributed by atoms with E-state index >= 15 is 0 Å². The second-order valence-electron chi connectivity index (χ2n) is 9.13. The van der Waals surface area contributed by atoms with E-state index in [4.69, 9.17) is 0 Å². The summed E-state index contributed by atoms with van der Waals surface area (Å²) in [6, 6.07) is 10.3. The van der Waals surface area contributed by atoms with Gasteiger partial charge in [-0.25, -0.2) is 13.8 Å². The fourth-order valence-corrected chi connectivity index (χ4v) is 5.14. The Labute approximate surface area is 192 Å². The first-order valence-electron chi connectivity index (χ1n) is 11.5. The molecule has 1 saturated heterocycles. The van der Waals surface area contributed by atoms with Gasteiger partial charge in [-0.05, 0) is 81.1 Å². The number of aryl methyl sites for hydroxylation is 2. The lowest BCUT2D eigenvalue weighted by Gasteiger charge is -2.31. The van der Waals surface area contributed by atoms with Gasteiger partial charge >= 0.3 is 0 Å². The third kappa shape index (κ3) is 4.69. The summed E-state index contributed by atoms with van der Waals surface area (Å²) in [5.41, 5.74) is 7.38. The molecule has 0 unspecified atom stereocenters. The number of imidazole rings is 1. The van der Waals surface area contributed by atoms with Gasteiger partial charge in [0.2, 0.25) is 6.43 Å². The summed E-state index contributed by atoms with van der Waals surface area (Å²) >= 11 is 0. The maximum Gasteiger partial charge on any atom is 0.242 e. The smallest absolute Gasteiger partial charge is 0.242 e. The van der Waals surface area contributed by atoms with Crippen molar-refractivity contribution in [3.05, 3.63) is 71.1 Å². The van der Waals surface area contributed by atoms with Crippen LogP contribution in [0.1, 0.15) is 47.0 Å². The van der Waals surface area contributed by atoms with Gasteiger partial charge in [0.25, 0.3) is 0 Å². The molecule has 5 nitrogen and oxygen atoms in total. The molecule has 172 valence electrons. The van der Waals surface area contributed by atoms with Crippen LogP contribution in [0.5, 0.6) is 0 Å². The van der Waals surface area contributed by atoms with Crippen LogP contribution in [0.2, 0.25) is 0 Å². The van der Waals surface area contributed by atoms with Crippen LogP contribution in [-0.4, -0.2) is 44.4 Å². The monoisotopic (exact) mass is 449 g/mol. The van der Waals surface area contributed by atoms with Gasteiger partial charge < -0.3 is 9.97 Å². The Morgan fingerprint density at radius 1 is 1.09 bits per heavy atom. The van der Waals surface area contributed by atoms with E-state index in [9.17, 15) is 8.78 Å². The predicted octanol–water partition coefficient (Wildman–Crippen LogP) is 5.76. The van der Waals surface area contributed by atoms with Crippen LogP contribution >= 0.6 is 0 Å². The summed E-state index contributed by atoms with van der Waals surface area (Å²) in [5, 5.41) is 0.911. The Balaban J connectivity index is 1.43. The summed E-state index contributed by atoms with van der Waals surface area (Å²) in [5.74, 6) is 0.438. The van der Waals surface area contributed by atoms with Crippen molar-refractivity contribution in [2.45, 2.75) is 52.0 Å². The molecule has 5 rings (SSSR count). The molecule has 2 N–H and O–H groups in total. The molecule has 1 aliphatic heterocycles. The molecule has 33 heavy (non-hydrogen) atoms. The number of rotatable bonds is 6. The van der Waals surface area contributed by atoms with Crippen molar-refractivity contribution >= 4 is 10.9 Å². The molecule has 0 radical (unpaired) electrons. The van der Waals surface area contributed by atoms with Gasteiger partial charge in [-0.15, -0.1) is 0 Å². The lowest BCUT2D eigenvalue weighted by Crippen LogP contribution is -2.32. The fraction of sp³-hybridized carbons (Fsp3) is 0.385. The molecular weight excluding hydrogens is 420 g/mol. The molecule has 0 saturated carbocycles. The van der Waals surface area contributed by atoms with E-state index < -0.39 is 6.43 Å². The molecule has 0 amide bonds. The molecule has 3 aromatic heterocycles. The first-order chi connectivity index (χ1) is 16.0. The molecule has 0 atom stereocenters. The van der Waals surface area contributed by atoms with Crippen LogP contribution in [0.25, 0.3) is 22.2 Å². The molecule has 1 aliphatic rings. The first-order valence-corrected chi connectivity index (χ1v) is 11.5. The Hall–Kier alpha value is -3.06. The number of benzene rings is 1. The maximum absolute atomic E-state index is 13.6. The number of fused-ring (bicyclic) bond motifs is 1. The number of pyridine rings is 1. The van der Waals surface area contributed by atoms with Gasteiger partial charge in [-0.1, -0.05) is 6.07 Å². The number of H-pyrrole nitrogens is 2. The highest BCUT2D eigenvalue weighted by Crippen LogP contribution is 2.36. The molecule has 1 aromatic carbocycles. The molecule has 0 aliphatic carbocycles. The van der Waals surface area contributed by atoms with E-state index in [0.717, 1.165) is 71.7 Å². The summed E-state index contributed by atoms with van der Waals surface area (Å²) in [7, 11) is 0. The van der Waals surface area contributed by atoms with Crippen molar-refractivity contribution in [3.8, 4) is 11.3 Å². The SMILES string of the molecule is Cc1cc(-c2[nH]c3ccc(C4CCN(Cc5c[nH]cn5)CC4)cc3c2CC(F)F)cc(C)n1. The number of nitrogens with one attached hydrogen (secondary N) is 2. The second-order valence-corrected chi connectivity index (χ2v) is 9.13. The lowest BCUT2D eigenvalue weighted by molar-refractivity contribution is 0.149. The van der Waals surface area contributed by atoms with E-state index in [0.29, 0.717) is 11.5 Å². The minimum absolute atomic E-state index is 0.263. The Kier molecular flexibility index (Phi) is 5.98. The van der Waals surface area contributed by atoms with E-state index in [1.54, 1.807) is 6.33 Å². The highest BCUT2D eigenvalue weighted by molar-refractivity contribution is 5.91. The summed E-state index contributed by atoms with van der Waals surface area (Å²) in [6.07, 6.45) is 3.11. The van der Waals surface area contributed by atoms with Crippen LogP contribution < -0.4 is 0 Å². The van der Waals surface area contributed by atoms with E-state index in [1.807, 2.05) is 32.2 Å². The van der Waals surface area contributed by atoms with Crippen molar-refractivity contribution in [2.75, 3.05) is 13.1 Å². The quantitative estimate of drug-likeness (QED) is 0.394. The average molecular weight is 450 g/mol. The van der Waals surface area contributed by atoms with Crippen LogP contribution in [-0.2, 0) is 13.0 Å². The molecule has 0 spiro atoms. The minimum atomic E-state index is -2.40. The molecular formula is C26H29F2N5. The molecule has 0 bridgehead atoms. The van der Waals surface area contributed by atoms with Crippen molar-refractivity contribution in [1.29, 1.82) is 0 Å². The van der Waals surface area contributed by atoms with Crippen LogP contribution in [0.4, 0.5) is 8.78 Å². The summed E-state index contributed by atoms with van der Waals surface area (Å²) in [4.78, 5) is 17.6. The van der Waals surface area contributed by atoms with E-state index in [-0.39, 0.29) is 6.42 Å². The van der Waals surface area contributed by atoms with E-state index in [1.165, 1.54) is 5.56 Å². The zero-order chi connectivity index (χ0) is 22.9. The summed E-state index contributed by atoms with van der Waals surface area (Å²) < 4.78 is 27.2. The highest BCUT2D eigenvalue weighted by Gasteiger charge is 2.23. The van der Waals surface area contributed by atoms with Crippen LogP contribution in [0, 0.1) is 13.8 Å². The standard InChI is InChI=1S/C26H29F2N5/c1-16-9-20(10-17(2)31-16)26-23(12-25(27)28)22-11-19(3-4-24(22)32-26)18-5-7-33(8-6-18)14-21-13-29-15-30-21/h3-4,9-11,13,15,18,25,32H,5-8,12,14H2,1-2H3,(H,29,30). The van der Waals surface area contributed by atoms with Crippen molar-refractivity contribution in [2.24, 2.45) is 0 Å². The zero-order valence-corrected chi connectivity index (χ0v) is 19.0. The lowest BCUT2D eigenvalue weighted by atomic mass is 9.88. The van der Waals surface area contributed by atoms with Crippen molar-refractivity contribution in [3.63, 3.8) is 0 Å². The molecule has 1 fully saturated rings. The number of hydrogen-bond acceptors (Lipinski definition) is 3. The van der Waals surface area contributed by atoms with Gasteiger partial charge in [-0.2, -0.15) is 0 Å². The number of likely N-dealkylation sites (tertiary alicyclic amines) is 1. The Bertz CT molecular complexity index is 1220. The minimum Gasteiger partial charge on any atom is -0.354 e. The predicted molar refractivity (Wildman–Crippen MR) is 127 cm³/mol. The second kappa shape index (κ2) is 9.06. The van der Waals surface area contributed by atoms with Crippen LogP contribution in [0.3, 0.4) is 0 Å². The Morgan fingerprint density at radius 2 is 1.85 bits per heavy atom. The van der Waals surface area contributed by atoms with Gasteiger partial charge in [0.05, 0.1) is 17.7 Å². The highest BCUT2D eigenvalue weighted by atomic mass is 19.3. The Morgan fingerprint density at radius 3 is 2.52 bits per heavy atom. The van der Waals surface area contributed by atoms with Gasteiger partial charge in [0, 0.05) is 47.0 Å². The first kappa shape index (κ1) is 21.8. The molecule has 4 heterocycles. The topological polar surface area (TPSA) is 60.6 Å².